The molecule has 0 saturated heterocycles. The number of carbonyl (C=O) groups excluding carboxylic acids is 2. The number of hydrogen-bond acceptors (Lipinski definition) is 16. The van der Waals surface area contributed by atoms with Crippen molar-refractivity contribution in [3.8, 4) is 45.8 Å². The van der Waals surface area contributed by atoms with Crippen molar-refractivity contribution in [3.05, 3.63) is 102 Å². The van der Waals surface area contributed by atoms with Crippen molar-refractivity contribution >= 4 is 49.7 Å². The minimum atomic E-state index is -1.85. The van der Waals surface area contributed by atoms with Gasteiger partial charge in [0.25, 0.3) is 11.1 Å². The molecular formula is C46H43BrN6O12. The first-order valence-corrected chi connectivity index (χ1v) is 22.2. The minimum Gasteiger partial charge on any atom is -0.458 e. The van der Waals surface area contributed by atoms with Crippen molar-refractivity contribution in [2.24, 2.45) is 5.73 Å². The number of rotatable bonds is 5. The normalized spacial score (nSPS) is 19.8. The molecule has 336 valence electrons. The fourth-order valence-corrected chi connectivity index (χ4v) is 10.3. The number of fused-ring (bicyclic) bond motifs is 12. The summed E-state index contributed by atoms with van der Waals surface area (Å²) < 4.78 is 35.7. The van der Waals surface area contributed by atoms with Crippen LogP contribution in [-0.4, -0.2) is 68.9 Å². The van der Waals surface area contributed by atoms with E-state index in [4.69, 9.17) is 38.4 Å². The Morgan fingerprint density at radius 1 is 0.646 bits per heavy atom. The van der Waals surface area contributed by atoms with Gasteiger partial charge in [-0.2, -0.15) is 0 Å². The lowest BCUT2D eigenvalue weighted by Crippen LogP contribution is -2.44. The zero-order valence-electron chi connectivity index (χ0n) is 35.8. The zero-order valence-corrected chi connectivity index (χ0v) is 37.3. The van der Waals surface area contributed by atoms with Crippen LogP contribution in [0.3, 0.4) is 0 Å². The predicted octanol–water partition coefficient (Wildman–Crippen LogP) is 3.81. The van der Waals surface area contributed by atoms with Crippen LogP contribution in [0.4, 0.5) is 0 Å². The van der Waals surface area contributed by atoms with Crippen LogP contribution in [0.15, 0.2) is 46.0 Å². The number of ether oxygens (including phenoxy) is 6. The highest BCUT2D eigenvalue weighted by Gasteiger charge is 2.47. The predicted molar refractivity (Wildman–Crippen MR) is 237 cm³/mol. The molecule has 0 amide bonds. The van der Waals surface area contributed by atoms with E-state index in [-0.39, 0.29) is 50.8 Å². The van der Waals surface area contributed by atoms with Crippen molar-refractivity contribution in [3.63, 3.8) is 0 Å². The summed E-state index contributed by atoms with van der Waals surface area (Å²) in [7, 11) is 3.36. The Morgan fingerprint density at radius 3 is 1.48 bits per heavy atom. The molecule has 4 aromatic heterocycles. The average Bonchev–Trinajstić information content (AvgIpc) is 4.14. The number of nitrogens with one attached hydrogen (secondary N) is 1. The summed E-state index contributed by atoms with van der Waals surface area (Å²) in [6.45, 7) is 4.70. The molecule has 0 radical (unpaired) electrons. The van der Waals surface area contributed by atoms with Gasteiger partial charge in [-0.3, -0.25) is 9.59 Å². The molecule has 0 aliphatic carbocycles. The summed E-state index contributed by atoms with van der Waals surface area (Å²) >= 11 is 3.59. The van der Waals surface area contributed by atoms with Gasteiger partial charge in [0.05, 0.1) is 58.0 Å². The second kappa shape index (κ2) is 15.7. The van der Waals surface area contributed by atoms with Crippen LogP contribution in [0.25, 0.3) is 44.6 Å². The number of aliphatic hydroxyl groups is 2. The molecule has 65 heavy (non-hydrogen) atoms. The lowest BCUT2D eigenvalue weighted by Gasteiger charge is -2.31. The van der Waals surface area contributed by atoms with Gasteiger partial charge >= 0.3 is 11.9 Å². The zero-order chi connectivity index (χ0) is 45.7. The fourth-order valence-electron chi connectivity index (χ4n) is 9.64. The molecular weight excluding hydrogens is 908 g/mol. The van der Waals surface area contributed by atoms with Gasteiger partial charge in [-0.1, -0.05) is 29.8 Å². The van der Waals surface area contributed by atoms with E-state index in [0.717, 1.165) is 44.1 Å². The average molecular weight is 952 g/mol. The maximum Gasteiger partial charge on any atom is 0.343 e. The first-order valence-electron chi connectivity index (χ1n) is 21.0. The Labute approximate surface area is 377 Å². The van der Waals surface area contributed by atoms with Gasteiger partial charge in [0.15, 0.2) is 34.2 Å². The number of cyclic esters (lactones) is 2. The molecule has 5 N–H and O–H groups in total. The van der Waals surface area contributed by atoms with Gasteiger partial charge in [0.1, 0.15) is 13.2 Å². The summed E-state index contributed by atoms with van der Waals surface area (Å²) in [6.07, 6.45) is 0.212. The van der Waals surface area contributed by atoms with Gasteiger partial charge in [-0.25, -0.2) is 19.6 Å². The number of hydrogen-bond donors (Lipinski definition) is 4. The number of carbonyl (C=O) groups is 2. The van der Waals surface area contributed by atoms with E-state index in [2.05, 4.69) is 27.0 Å². The van der Waals surface area contributed by atoms with E-state index >= 15 is 0 Å². The molecule has 12 rings (SSSR count). The monoisotopic (exact) mass is 950 g/mol. The highest BCUT2D eigenvalue weighted by molar-refractivity contribution is 9.08. The van der Waals surface area contributed by atoms with Gasteiger partial charge in [-0.15, -0.1) is 0 Å². The van der Waals surface area contributed by atoms with Crippen LogP contribution in [0, 0.1) is 0 Å². The molecule has 19 heteroatoms. The highest BCUT2D eigenvalue weighted by atomic mass is 79.9. The van der Waals surface area contributed by atoms with E-state index in [1.165, 1.54) is 7.05 Å². The molecule has 2 atom stereocenters. The van der Waals surface area contributed by atoms with Crippen molar-refractivity contribution in [2.75, 3.05) is 27.7 Å². The summed E-state index contributed by atoms with van der Waals surface area (Å²) in [5, 5.41) is 27.7. The maximum atomic E-state index is 13.4. The third kappa shape index (κ3) is 6.12. The molecule has 2 aromatic carbocycles. The minimum absolute atomic E-state index is 0.105. The lowest BCUT2D eigenvalue weighted by atomic mass is 9.86. The summed E-state index contributed by atoms with van der Waals surface area (Å²) in [4.78, 5) is 61.1. The molecule has 6 aliphatic heterocycles. The largest absolute Gasteiger partial charge is 0.458 e. The summed E-state index contributed by atoms with van der Waals surface area (Å²) in [5.41, 5.74) is 9.34. The second-order valence-corrected chi connectivity index (χ2v) is 16.7. The van der Waals surface area contributed by atoms with Crippen LogP contribution < -0.4 is 41.1 Å². The Kier molecular flexibility index (Phi) is 10.3. The lowest BCUT2D eigenvalue weighted by molar-refractivity contribution is -0.172. The highest BCUT2D eigenvalue weighted by Crippen LogP contribution is 2.45. The Bertz CT molecular complexity index is 3210. The Balaban J connectivity index is 0.000000148. The first-order chi connectivity index (χ1) is 31.4. The van der Waals surface area contributed by atoms with Crippen LogP contribution in [-0.2, 0) is 68.4 Å². The van der Waals surface area contributed by atoms with Crippen molar-refractivity contribution < 1.29 is 48.2 Å². The quantitative estimate of drug-likeness (QED) is 0.142. The third-order valence-electron chi connectivity index (χ3n) is 13.1. The first kappa shape index (κ1) is 42.6. The molecule has 0 unspecified atom stereocenters. The number of esters is 2. The van der Waals surface area contributed by atoms with Gasteiger partial charge < -0.3 is 58.8 Å². The fraction of sp³-hybridized carbons (Fsp3) is 0.348. The molecule has 6 aromatic rings. The van der Waals surface area contributed by atoms with E-state index in [0.29, 0.717) is 93.0 Å². The Morgan fingerprint density at radius 2 is 1.06 bits per heavy atom. The van der Waals surface area contributed by atoms with E-state index in [9.17, 15) is 29.4 Å². The van der Waals surface area contributed by atoms with Crippen molar-refractivity contribution in [1.82, 2.24) is 24.4 Å². The molecule has 0 saturated carbocycles. The standard InChI is InChI=1S/C23H21N3O6.C22H17BrN2O6.CH5N/c1-3-23(29)15-5-17-20-13(8-26(17)21(27)14(15)9-30-22(23)28)12(7-24-2)11-4-18-19(32-10-31-18)6-16(11)25-20;1-2-22(28)14-4-16-19-12(7-25(16)20(26)13(14)8-29-21(22)27)11(6-23)10-3-17-18(31-9-30-17)5-15(10)24-19;1-2/h4-6,24,29H,3,7-10H2,1-2H3;3-5,28H,2,6-9H2,1H3;2H2,1H3/t23-;22-;/m00./s1. The SMILES string of the molecule is CC[C@@]1(O)C(=O)OCc2c1cc1n(c2=O)Cc2c-1nc1cc3c(cc1c2CBr)OCO3.CC[C@@]1(O)C(=O)OCc2c1cc1n(c2=O)Cc2c-1nc1cc3c(cc1c2CNC)OCO3.CN. The smallest absolute Gasteiger partial charge is 0.343 e. The summed E-state index contributed by atoms with van der Waals surface area (Å²) in [5.74, 6) is 1.14. The number of halogens is 1. The number of alkyl halides is 1. The number of pyridine rings is 4. The second-order valence-electron chi connectivity index (χ2n) is 16.2. The van der Waals surface area contributed by atoms with Crippen molar-refractivity contribution in [1.29, 1.82) is 0 Å². The van der Waals surface area contributed by atoms with Crippen molar-refractivity contribution in [2.45, 2.75) is 76.1 Å². The maximum absolute atomic E-state index is 13.4. The van der Waals surface area contributed by atoms with Gasteiger partial charge in [0, 0.05) is 57.0 Å². The van der Waals surface area contributed by atoms with Crippen LogP contribution in [0.5, 0.6) is 23.0 Å². The Hall–Kier alpha value is -6.38. The molecule has 0 fully saturated rings. The molecule has 18 nitrogen and oxygen atoms in total. The number of benzene rings is 2. The van der Waals surface area contributed by atoms with E-state index in [1.807, 2.05) is 31.3 Å². The van der Waals surface area contributed by atoms with Gasteiger partial charge in [0.2, 0.25) is 13.6 Å². The molecule has 0 spiro atoms. The van der Waals surface area contributed by atoms with E-state index in [1.54, 1.807) is 35.1 Å². The topological polar surface area (TPSA) is 238 Å². The summed E-state index contributed by atoms with van der Waals surface area (Å²) in [6, 6.07) is 11.0. The third-order valence-corrected chi connectivity index (χ3v) is 13.6. The van der Waals surface area contributed by atoms with Crippen LogP contribution >= 0.6 is 15.9 Å². The van der Waals surface area contributed by atoms with Crippen LogP contribution in [0.2, 0.25) is 0 Å². The molecule has 0 bridgehead atoms. The molecule has 10 heterocycles. The number of nitrogens with two attached hydrogens (primary N) is 1. The van der Waals surface area contributed by atoms with Gasteiger partial charge in [-0.05, 0) is 62.3 Å². The van der Waals surface area contributed by atoms with Crippen LogP contribution in [0.1, 0.15) is 71.2 Å². The van der Waals surface area contributed by atoms with E-state index < -0.39 is 23.1 Å². The number of nitrogens with zero attached hydrogens (tertiary/aromatic N) is 4. The number of aromatic nitrogens is 4. The molecule has 6 aliphatic rings.